The van der Waals surface area contributed by atoms with Gasteiger partial charge in [0.15, 0.2) is 0 Å². The number of amides is 1. The fraction of sp³-hybridized carbons (Fsp3) is 0.871. The van der Waals surface area contributed by atoms with Gasteiger partial charge in [-0.05, 0) is 25.7 Å². The SMILES string of the molecule is CCCCCCCCCCCCCCCCCCCCC(=O)NC(CCC(=O)O)(CCC(=O)O)CCC(=O)O. The minimum absolute atomic E-state index is 0.00770. The molecule has 4 N–H and O–H groups in total. The van der Waals surface area contributed by atoms with Crippen molar-refractivity contribution in [3.05, 3.63) is 0 Å². The summed E-state index contributed by atoms with van der Waals surface area (Å²) in [6.45, 7) is 2.26. The van der Waals surface area contributed by atoms with Gasteiger partial charge in [-0.3, -0.25) is 19.2 Å². The zero-order valence-electron chi connectivity index (χ0n) is 24.7. The van der Waals surface area contributed by atoms with E-state index in [0.717, 1.165) is 19.3 Å². The largest absolute Gasteiger partial charge is 0.481 e. The molecule has 0 bridgehead atoms. The van der Waals surface area contributed by atoms with Crippen LogP contribution in [-0.4, -0.2) is 44.7 Å². The Morgan fingerprint density at radius 2 is 0.744 bits per heavy atom. The number of unbranched alkanes of at least 4 members (excludes halogenated alkanes) is 17. The molecule has 0 aliphatic heterocycles. The van der Waals surface area contributed by atoms with Crippen LogP contribution in [0, 0.1) is 0 Å². The topological polar surface area (TPSA) is 141 Å². The maximum absolute atomic E-state index is 12.6. The number of carbonyl (C=O) groups excluding carboxylic acids is 1. The van der Waals surface area contributed by atoms with E-state index < -0.39 is 23.4 Å². The first-order chi connectivity index (χ1) is 18.7. The lowest BCUT2D eigenvalue weighted by Gasteiger charge is -2.34. The van der Waals surface area contributed by atoms with E-state index in [-0.39, 0.29) is 50.9 Å². The maximum atomic E-state index is 12.6. The summed E-state index contributed by atoms with van der Waals surface area (Å²) < 4.78 is 0. The molecule has 0 rings (SSSR count). The van der Waals surface area contributed by atoms with E-state index in [0.29, 0.717) is 6.42 Å². The summed E-state index contributed by atoms with van der Waals surface area (Å²) in [6.07, 6.45) is 22.2. The van der Waals surface area contributed by atoms with Crippen molar-refractivity contribution in [3.8, 4) is 0 Å². The van der Waals surface area contributed by atoms with Crippen LogP contribution in [-0.2, 0) is 19.2 Å². The van der Waals surface area contributed by atoms with Gasteiger partial charge in [-0.1, -0.05) is 116 Å². The average molecular weight is 556 g/mol. The smallest absolute Gasteiger partial charge is 0.303 e. The molecule has 0 heterocycles. The average Bonchev–Trinajstić information content (AvgIpc) is 2.88. The Labute approximate surface area is 236 Å². The number of nitrogens with one attached hydrogen (secondary N) is 1. The van der Waals surface area contributed by atoms with Crippen molar-refractivity contribution in [1.29, 1.82) is 0 Å². The van der Waals surface area contributed by atoms with Gasteiger partial charge < -0.3 is 20.6 Å². The maximum Gasteiger partial charge on any atom is 0.303 e. The number of hydrogen-bond donors (Lipinski definition) is 4. The van der Waals surface area contributed by atoms with Crippen LogP contribution in [0.25, 0.3) is 0 Å². The number of aliphatic carboxylic acids is 3. The minimum atomic E-state index is -1.14. The summed E-state index contributed by atoms with van der Waals surface area (Å²) in [5, 5.41) is 30.1. The van der Waals surface area contributed by atoms with Crippen molar-refractivity contribution in [2.75, 3.05) is 0 Å². The summed E-state index contributed by atoms with van der Waals surface area (Å²) in [6, 6.07) is 0. The number of carboxylic acids is 3. The minimum Gasteiger partial charge on any atom is -0.481 e. The molecular weight excluding hydrogens is 498 g/mol. The first-order valence-corrected chi connectivity index (χ1v) is 15.7. The second-order valence-corrected chi connectivity index (χ2v) is 11.3. The molecule has 0 aliphatic rings. The van der Waals surface area contributed by atoms with E-state index in [2.05, 4.69) is 12.2 Å². The van der Waals surface area contributed by atoms with Gasteiger partial charge in [-0.15, -0.1) is 0 Å². The molecule has 0 fully saturated rings. The third kappa shape index (κ3) is 24.6. The third-order valence-corrected chi connectivity index (χ3v) is 7.61. The van der Waals surface area contributed by atoms with Crippen molar-refractivity contribution in [2.45, 2.75) is 173 Å². The highest BCUT2D eigenvalue weighted by Gasteiger charge is 2.33. The Morgan fingerprint density at radius 3 is 1.03 bits per heavy atom. The van der Waals surface area contributed by atoms with E-state index >= 15 is 0 Å². The van der Waals surface area contributed by atoms with Crippen molar-refractivity contribution in [2.24, 2.45) is 0 Å². The van der Waals surface area contributed by atoms with Crippen LogP contribution in [0.5, 0.6) is 0 Å². The van der Waals surface area contributed by atoms with Crippen LogP contribution in [0.1, 0.15) is 167 Å². The zero-order chi connectivity index (χ0) is 29.2. The van der Waals surface area contributed by atoms with Gasteiger partial charge in [0.25, 0.3) is 0 Å². The molecule has 39 heavy (non-hydrogen) atoms. The van der Waals surface area contributed by atoms with Crippen molar-refractivity contribution >= 4 is 23.8 Å². The first kappa shape index (κ1) is 36.9. The van der Waals surface area contributed by atoms with Crippen LogP contribution in [0.2, 0.25) is 0 Å². The summed E-state index contributed by atoms with van der Waals surface area (Å²) in [5.41, 5.74) is -1.14. The molecule has 0 saturated heterocycles. The number of hydrogen-bond acceptors (Lipinski definition) is 4. The van der Waals surface area contributed by atoms with Crippen LogP contribution in [0.3, 0.4) is 0 Å². The van der Waals surface area contributed by atoms with Crippen molar-refractivity contribution in [3.63, 3.8) is 0 Å². The molecule has 0 unspecified atom stereocenters. The summed E-state index contributed by atoms with van der Waals surface area (Å²) in [7, 11) is 0. The Balaban J connectivity index is 4.01. The molecule has 0 aromatic heterocycles. The molecule has 8 nitrogen and oxygen atoms in total. The fourth-order valence-corrected chi connectivity index (χ4v) is 5.15. The predicted octanol–water partition coefficient (Wildman–Crippen LogP) is 7.87. The number of rotatable bonds is 29. The fourth-order valence-electron chi connectivity index (χ4n) is 5.15. The molecule has 0 spiro atoms. The quantitative estimate of drug-likeness (QED) is 0.0688. The molecule has 0 radical (unpaired) electrons. The summed E-state index contributed by atoms with van der Waals surface area (Å²) in [4.78, 5) is 46.0. The van der Waals surface area contributed by atoms with Gasteiger partial charge in [-0.2, -0.15) is 0 Å². The van der Waals surface area contributed by atoms with Gasteiger partial charge in [-0.25, -0.2) is 0 Å². The Hall–Kier alpha value is -2.12. The molecule has 0 aliphatic carbocycles. The highest BCUT2D eigenvalue weighted by molar-refractivity contribution is 5.77. The van der Waals surface area contributed by atoms with Crippen LogP contribution in [0.15, 0.2) is 0 Å². The molecule has 8 heteroatoms. The highest BCUT2D eigenvalue weighted by Crippen LogP contribution is 2.26. The van der Waals surface area contributed by atoms with Crippen LogP contribution < -0.4 is 5.32 Å². The molecule has 0 saturated carbocycles. The monoisotopic (exact) mass is 555 g/mol. The van der Waals surface area contributed by atoms with E-state index in [1.54, 1.807) is 0 Å². The molecule has 0 aromatic rings. The van der Waals surface area contributed by atoms with E-state index in [4.69, 9.17) is 15.3 Å². The van der Waals surface area contributed by atoms with Gasteiger partial charge in [0.05, 0.1) is 0 Å². The Kier molecular flexibility index (Phi) is 23.5. The molecule has 0 aromatic carbocycles. The van der Waals surface area contributed by atoms with E-state index in [1.807, 2.05) is 0 Å². The van der Waals surface area contributed by atoms with Gasteiger partial charge in [0.2, 0.25) is 5.91 Å². The molecule has 228 valence electrons. The van der Waals surface area contributed by atoms with Crippen LogP contribution >= 0.6 is 0 Å². The lowest BCUT2D eigenvalue weighted by Crippen LogP contribution is -2.49. The van der Waals surface area contributed by atoms with Crippen LogP contribution in [0.4, 0.5) is 0 Å². The first-order valence-electron chi connectivity index (χ1n) is 15.7. The molecule has 1 amide bonds. The van der Waals surface area contributed by atoms with Crippen molar-refractivity contribution < 1.29 is 34.5 Å². The third-order valence-electron chi connectivity index (χ3n) is 7.61. The second kappa shape index (κ2) is 24.9. The second-order valence-electron chi connectivity index (χ2n) is 11.3. The van der Waals surface area contributed by atoms with E-state index in [1.165, 1.54) is 89.9 Å². The highest BCUT2D eigenvalue weighted by atomic mass is 16.4. The number of carboxylic acid groups (broad SMARTS) is 3. The molecule has 0 atom stereocenters. The van der Waals surface area contributed by atoms with Crippen molar-refractivity contribution in [1.82, 2.24) is 5.32 Å². The van der Waals surface area contributed by atoms with E-state index in [9.17, 15) is 19.2 Å². The van der Waals surface area contributed by atoms with Gasteiger partial charge in [0.1, 0.15) is 0 Å². The summed E-state index contributed by atoms with van der Waals surface area (Å²) >= 11 is 0. The van der Waals surface area contributed by atoms with Gasteiger partial charge in [0, 0.05) is 31.2 Å². The normalized spacial score (nSPS) is 11.4. The Bertz CT molecular complexity index is 620. The van der Waals surface area contributed by atoms with Gasteiger partial charge >= 0.3 is 17.9 Å². The summed E-state index contributed by atoms with van der Waals surface area (Å²) in [5.74, 6) is -3.47. The lowest BCUT2D eigenvalue weighted by molar-refractivity contribution is -0.139. The standard InChI is InChI=1S/C31H57NO7/c1-2-3-4-5-6-7-8-9-10-11-12-13-14-15-16-17-18-19-20-27(33)32-31(24-21-28(34)35,25-22-29(36)37)26-23-30(38)39/h2-26H2,1H3,(H,32,33)(H,34,35)(H,36,37)(H,38,39). The lowest BCUT2D eigenvalue weighted by atomic mass is 9.83. The predicted molar refractivity (Wildman–Crippen MR) is 155 cm³/mol. The zero-order valence-corrected chi connectivity index (χ0v) is 24.7. The number of carbonyl (C=O) groups is 4. The molecular formula is C31H57NO7. The Morgan fingerprint density at radius 1 is 0.462 bits per heavy atom.